The first-order valence-corrected chi connectivity index (χ1v) is 11.5. The molecule has 1 aliphatic rings. The summed E-state index contributed by atoms with van der Waals surface area (Å²) in [5.41, 5.74) is 2.65. The topological polar surface area (TPSA) is 49.4 Å². The second-order valence-electron chi connectivity index (χ2n) is 7.74. The van der Waals surface area contributed by atoms with Gasteiger partial charge in [-0.1, -0.05) is 78.9 Å². The number of rotatable bonds is 4. The van der Waals surface area contributed by atoms with Crippen molar-refractivity contribution in [1.29, 1.82) is 0 Å². The van der Waals surface area contributed by atoms with Gasteiger partial charge in [-0.2, -0.15) is 0 Å². The molecule has 1 aliphatic heterocycles. The molecule has 0 saturated heterocycles. The number of anilines is 2. The Morgan fingerprint density at radius 3 is 2.47 bits per heavy atom. The van der Waals surface area contributed by atoms with Crippen LogP contribution in [-0.2, 0) is 9.59 Å². The molecule has 1 N–H and O–H groups in total. The molecule has 32 heavy (non-hydrogen) atoms. The van der Waals surface area contributed by atoms with Crippen LogP contribution in [0.1, 0.15) is 17.2 Å². The highest BCUT2D eigenvalue weighted by atomic mass is 32.2. The number of fused-ring (bicyclic) bond motifs is 2. The van der Waals surface area contributed by atoms with Gasteiger partial charge in [0.25, 0.3) is 0 Å². The van der Waals surface area contributed by atoms with Crippen LogP contribution < -0.4 is 10.2 Å². The molecule has 4 aromatic rings. The molecule has 0 aliphatic carbocycles. The third-order valence-corrected chi connectivity index (χ3v) is 6.95. The predicted molar refractivity (Wildman–Crippen MR) is 131 cm³/mol. The van der Waals surface area contributed by atoms with E-state index in [-0.39, 0.29) is 23.6 Å². The number of nitrogens with one attached hydrogen (secondary N) is 1. The maximum Gasteiger partial charge on any atom is 0.244 e. The van der Waals surface area contributed by atoms with Gasteiger partial charge in [-0.3, -0.25) is 9.59 Å². The molecule has 4 nitrogen and oxygen atoms in total. The highest BCUT2D eigenvalue weighted by molar-refractivity contribution is 7.99. The zero-order chi connectivity index (χ0) is 21.9. The van der Waals surface area contributed by atoms with Crippen molar-refractivity contribution in [3.8, 4) is 0 Å². The Morgan fingerprint density at radius 2 is 1.59 bits per heavy atom. The number of hydrogen-bond acceptors (Lipinski definition) is 3. The highest BCUT2D eigenvalue weighted by Crippen LogP contribution is 2.45. The Morgan fingerprint density at radius 1 is 0.875 bits per heavy atom. The van der Waals surface area contributed by atoms with Crippen LogP contribution in [0.4, 0.5) is 11.4 Å². The van der Waals surface area contributed by atoms with Crippen LogP contribution >= 0.6 is 11.8 Å². The van der Waals surface area contributed by atoms with Crippen molar-refractivity contribution in [3.05, 3.63) is 103 Å². The summed E-state index contributed by atoms with van der Waals surface area (Å²) in [4.78, 5) is 28.9. The monoisotopic (exact) mass is 438 g/mol. The first-order chi connectivity index (χ1) is 15.7. The van der Waals surface area contributed by atoms with Crippen molar-refractivity contribution < 1.29 is 9.59 Å². The summed E-state index contributed by atoms with van der Waals surface area (Å²) < 4.78 is 0. The van der Waals surface area contributed by atoms with Crippen LogP contribution in [0.3, 0.4) is 0 Å². The highest BCUT2D eigenvalue weighted by Gasteiger charge is 2.30. The van der Waals surface area contributed by atoms with Gasteiger partial charge in [-0.05, 0) is 29.1 Å². The lowest BCUT2D eigenvalue weighted by Crippen LogP contribution is -2.38. The second kappa shape index (κ2) is 8.89. The van der Waals surface area contributed by atoms with E-state index in [0.29, 0.717) is 6.42 Å². The lowest BCUT2D eigenvalue weighted by atomic mass is 10.1. The molecule has 0 radical (unpaired) electrons. The second-order valence-corrected chi connectivity index (χ2v) is 8.99. The van der Waals surface area contributed by atoms with Gasteiger partial charge in [0, 0.05) is 27.6 Å². The van der Waals surface area contributed by atoms with Gasteiger partial charge < -0.3 is 10.2 Å². The quantitative estimate of drug-likeness (QED) is 0.422. The minimum absolute atomic E-state index is 0.0102. The van der Waals surface area contributed by atoms with Gasteiger partial charge in [0.1, 0.15) is 6.54 Å². The molecule has 0 aromatic heterocycles. The van der Waals surface area contributed by atoms with Gasteiger partial charge in [-0.15, -0.1) is 11.8 Å². The normalized spacial score (nSPS) is 15.8. The molecule has 158 valence electrons. The Balaban J connectivity index is 1.41. The van der Waals surface area contributed by atoms with E-state index in [2.05, 4.69) is 17.4 Å². The van der Waals surface area contributed by atoms with E-state index in [4.69, 9.17) is 0 Å². The lowest BCUT2D eigenvalue weighted by molar-refractivity contribution is -0.121. The van der Waals surface area contributed by atoms with Crippen molar-refractivity contribution in [1.82, 2.24) is 0 Å². The molecule has 0 bridgehead atoms. The molecule has 0 saturated carbocycles. The first-order valence-electron chi connectivity index (χ1n) is 10.6. The van der Waals surface area contributed by atoms with E-state index in [9.17, 15) is 9.59 Å². The number of para-hydroxylation sites is 1. The number of carbonyl (C=O) groups is 2. The SMILES string of the molecule is O=C(CN1C(=O)C[C@@H](c2ccccc2)Sc2ccccc21)Nc1cccc2ccccc12. The Hall–Kier alpha value is -3.57. The average molecular weight is 439 g/mol. The van der Waals surface area contributed by atoms with Gasteiger partial charge in [0.05, 0.1) is 5.69 Å². The molecular formula is C27H22N2O2S. The van der Waals surface area contributed by atoms with Gasteiger partial charge in [-0.25, -0.2) is 0 Å². The van der Waals surface area contributed by atoms with Crippen molar-refractivity contribution >= 4 is 45.7 Å². The summed E-state index contributed by atoms with van der Waals surface area (Å²) in [6, 6.07) is 31.6. The Labute approximate surface area is 191 Å². The van der Waals surface area contributed by atoms with Crippen LogP contribution in [0.25, 0.3) is 10.8 Å². The molecule has 5 rings (SSSR count). The van der Waals surface area contributed by atoms with Crippen LogP contribution in [0.2, 0.25) is 0 Å². The summed E-state index contributed by atoms with van der Waals surface area (Å²) in [6.07, 6.45) is 0.338. The fraction of sp³-hybridized carbons (Fsp3) is 0.111. The smallest absolute Gasteiger partial charge is 0.244 e. The third kappa shape index (κ3) is 4.12. The van der Waals surface area contributed by atoms with Gasteiger partial charge in [0.15, 0.2) is 0 Å². The Bertz CT molecular complexity index is 1280. The maximum absolute atomic E-state index is 13.3. The van der Waals surface area contributed by atoms with Gasteiger partial charge in [0.2, 0.25) is 11.8 Å². The molecule has 2 amide bonds. The molecule has 0 spiro atoms. The number of thioether (sulfide) groups is 1. The molecule has 5 heteroatoms. The van der Waals surface area contributed by atoms with Crippen LogP contribution in [-0.4, -0.2) is 18.4 Å². The van der Waals surface area contributed by atoms with E-state index >= 15 is 0 Å². The molecule has 1 heterocycles. The Kier molecular flexibility index (Phi) is 5.65. The number of nitrogens with zero attached hydrogens (tertiary/aromatic N) is 1. The van der Waals surface area contributed by atoms with E-state index < -0.39 is 0 Å². The van der Waals surface area contributed by atoms with E-state index in [0.717, 1.165) is 32.6 Å². The van der Waals surface area contributed by atoms with Crippen LogP contribution in [0, 0.1) is 0 Å². The van der Waals surface area contributed by atoms with Crippen molar-refractivity contribution in [2.75, 3.05) is 16.8 Å². The number of hydrogen-bond donors (Lipinski definition) is 1. The largest absolute Gasteiger partial charge is 0.324 e. The van der Waals surface area contributed by atoms with Crippen LogP contribution in [0.5, 0.6) is 0 Å². The summed E-state index contributed by atoms with van der Waals surface area (Å²) >= 11 is 1.68. The maximum atomic E-state index is 13.3. The summed E-state index contributed by atoms with van der Waals surface area (Å²) in [7, 11) is 0. The van der Waals surface area contributed by atoms with Gasteiger partial charge >= 0.3 is 0 Å². The number of carbonyl (C=O) groups excluding carboxylic acids is 2. The lowest BCUT2D eigenvalue weighted by Gasteiger charge is -2.22. The minimum atomic E-state index is -0.215. The third-order valence-electron chi connectivity index (χ3n) is 5.62. The number of amides is 2. The van der Waals surface area contributed by atoms with Crippen molar-refractivity contribution in [2.24, 2.45) is 0 Å². The van der Waals surface area contributed by atoms with E-state index in [1.54, 1.807) is 16.7 Å². The van der Waals surface area contributed by atoms with Crippen LogP contribution in [0.15, 0.2) is 102 Å². The van der Waals surface area contributed by atoms with Crippen molar-refractivity contribution in [2.45, 2.75) is 16.6 Å². The predicted octanol–water partition coefficient (Wildman–Crippen LogP) is 6.05. The van der Waals surface area contributed by atoms with E-state index in [1.165, 1.54) is 0 Å². The molecular weight excluding hydrogens is 416 g/mol. The first kappa shape index (κ1) is 20.3. The molecule has 4 aromatic carbocycles. The molecule has 1 atom stereocenters. The summed E-state index contributed by atoms with van der Waals surface area (Å²) in [5, 5.41) is 5.05. The zero-order valence-electron chi connectivity index (χ0n) is 17.4. The summed E-state index contributed by atoms with van der Waals surface area (Å²) in [5.74, 6) is -0.267. The zero-order valence-corrected chi connectivity index (χ0v) is 18.2. The molecule has 0 fully saturated rings. The minimum Gasteiger partial charge on any atom is -0.324 e. The standard InChI is InChI=1S/C27H22N2O2S/c30-26(28-22-14-8-12-19-9-4-5-13-21(19)22)18-29-23-15-6-7-16-24(23)32-25(17-27(29)31)20-10-2-1-3-11-20/h1-16,25H,17-18H2,(H,28,30)/t25-/m0/s1. The summed E-state index contributed by atoms with van der Waals surface area (Å²) in [6.45, 7) is -0.0266. The fourth-order valence-corrected chi connectivity index (χ4v) is 5.35. The average Bonchev–Trinajstić information content (AvgIpc) is 2.96. The van der Waals surface area contributed by atoms with E-state index in [1.807, 2.05) is 84.9 Å². The van der Waals surface area contributed by atoms with Crippen molar-refractivity contribution in [3.63, 3.8) is 0 Å². The number of benzene rings is 4. The fourth-order valence-electron chi connectivity index (χ4n) is 4.07. The molecule has 0 unspecified atom stereocenters.